The van der Waals surface area contributed by atoms with Crippen LogP contribution >= 0.6 is 15.9 Å². The first kappa shape index (κ1) is 15.3. The summed E-state index contributed by atoms with van der Waals surface area (Å²) in [7, 11) is 1.70. The number of ether oxygens (including phenoxy) is 2. The highest BCUT2D eigenvalue weighted by molar-refractivity contribution is 9.08. The first-order valence-corrected chi connectivity index (χ1v) is 7.79. The summed E-state index contributed by atoms with van der Waals surface area (Å²) in [6.07, 6.45) is 3.92. The summed E-state index contributed by atoms with van der Waals surface area (Å²) in [5.74, 6) is 0.355. The fraction of sp³-hybridized carbons (Fsp3) is 0.571. The minimum atomic E-state index is -0.399. The molecular formula is C14H18BrNO4. The lowest BCUT2D eigenvalue weighted by Gasteiger charge is -2.28. The van der Waals surface area contributed by atoms with Gasteiger partial charge >= 0.3 is 5.69 Å². The van der Waals surface area contributed by atoms with Crippen molar-refractivity contribution in [2.45, 2.75) is 43.2 Å². The second-order valence-corrected chi connectivity index (χ2v) is 5.52. The van der Waals surface area contributed by atoms with Crippen molar-refractivity contribution in [1.82, 2.24) is 0 Å². The van der Waals surface area contributed by atoms with E-state index in [1.54, 1.807) is 19.2 Å². The molecular weight excluding hydrogens is 326 g/mol. The molecule has 0 spiro atoms. The number of nitro benzene ring substituents is 1. The lowest BCUT2D eigenvalue weighted by Crippen LogP contribution is -2.29. The number of nitro groups is 1. The molecule has 0 saturated heterocycles. The Morgan fingerprint density at radius 2 is 2.15 bits per heavy atom. The molecule has 0 heterocycles. The Kier molecular flexibility index (Phi) is 5.37. The van der Waals surface area contributed by atoms with Crippen LogP contribution in [0.3, 0.4) is 0 Å². The smallest absolute Gasteiger partial charge is 0.310 e. The predicted octanol–water partition coefficient (Wildman–Crippen LogP) is 3.83. The molecule has 2 rings (SSSR count). The molecule has 0 radical (unpaired) electrons. The van der Waals surface area contributed by atoms with Crippen LogP contribution in [0.1, 0.15) is 31.2 Å². The Morgan fingerprint density at radius 1 is 1.40 bits per heavy atom. The number of hydrogen-bond acceptors (Lipinski definition) is 4. The van der Waals surface area contributed by atoms with Gasteiger partial charge in [0.25, 0.3) is 0 Å². The monoisotopic (exact) mass is 343 g/mol. The van der Waals surface area contributed by atoms with Crippen molar-refractivity contribution in [2.75, 3.05) is 7.11 Å². The Bertz CT molecular complexity index is 480. The number of nitrogens with zero attached hydrogens (tertiary/aromatic N) is 1. The van der Waals surface area contributed by atoms with Crippen molar-refractivity contribution in [3.8, 4) is 5.75 Å². The quantitative estimate of drug-likeness (QED) is 0.463. The SMILES string of the molecule is COC1CCCC(Oc2cc(CBr)ccc2[N+](=O)[O-])C1. The molecule has 5 nitrogen and oxygen atoms in total. The molecule has 20 heavy (non-hydrogen) atoms. The third-order valence-corrected chi connectivity index (χ3v) is 4.23. The first-order chi connectivity index (χ1) is 9.63. The molecule has 110 valence electrons. The van der Waals surface area contributed by atoms with Gasteiger partial charge in [-0.05, 0) is 30.9 Å². The third-order valence-electron chi connectivity index (χ3n) is 3.58. The average molecular weight is 344 g/mol. The molecule has 2 unspecified atom stereocenters. The third kappa shape index (κ3) is 3.70. The van der Waals surface area contributed by atoms with E-state index in [1.165, 1.54) is 6.07 Å². The van der Waals surface area contributed by atoms with Crippen molar-refractivity contribution in [1.29, 1.82) is 0 Å². The lowest BCUT2D eigenvalue weighted by molar-refractivity contribution is -0.386. The van der Waals surface area contributed by atoms with E-state index < -0.39 is 4.92 Å². The Balaban J connectivity index is 2.16. The number of halogens is 1. The average Bonchev–Trinajstić information content (AvgIpc) is 2.47. The van der Waals surface area contributed by atoms with Crippen LogP contribution in [0.2, 0.25) is 0 Å². The van der Waals surface area contributed by atoms with Crippen LogP contribution < -0.4 is 4.74 Å². The standard InChI is InChI=1S/C14H18BrNO4/c1-19-11-3-2-4-12(8-11)20-14-7-10(9-15)5-6-13(14)16(17)18/h5-7,11-12H,2-4,8-9H2,1H3. The number of hydrogen-bond donors (Lipinski definition) is 0. The van der Waals surface area contributed by atoms with E-state index in [-0.39, 0.29) is 17.9 Å². The van der Waals surface area contributed by atoms with Crippen LogP contribution in [0.25, 0.3) is 0 Å². The Hall–Kier alpha value is -1.14. The van der Waals surface area contributed by atoms with Crippen molar-refractivity contribution >= 4 is 21.6 Å². The molecule has 0 bridgehead atoms. The molecule has 1 aromatic carbocycles. The van der Waals surface area contributed by atoms with Gasteiger partial charge in [0, 0.05) is 24.9 Å². The van der Waals surface area contributed by atoms with Crippen LogP contribution in [-0.2, 0) is 10.1 Å². The van der Waals surface area contributed by atoms with Gasteiger partial charge in [0.1, 0.15) is 6.10 Å². The lowest BCUT2D eigenvalue weighted by atomic mass is 9.95. The van der Waals surface area contributed by atoms with Crippen molar-refractivity contribution in [2.24, 2.45) is 0 Å². The molecule has 1 saturated carbocycles. The number of benzene rings is 1. The molecule has 2 atom stereocenters. The topological polar surface area (TPSA) is 61.6 Å². The summed E-state index contributed by atoms with van der Waals surface area (Å²) in [5, 5.41) is 11.7. The molecule has 0 aromatic heterocycles. The highest BCUT2D eigenvalue weighted by Gasteiger charge is 2.25. The molecule has 1 aliphatic rings. The minimum absolute atomic E-state index is 0.0158. The first-order valence-electron chi connectivity index (χ1n) is 6.66. The van der Waals surface area contributed by atoms with Crippen LogP contribution in [0.15, 0.2) is 18.2 Å². The highest BCUT2D eigenvalue weighted by atomic mass is 79.9. The van der Waals surface area contributed by atoms with E-state index in [9.17, 15) is 10.1 Å². The summed E-state index contributed by atoms with van der Waals surface area (Å²) in [6.45, 7) is 0. The van der Waals surface area contributed by atoms with Crippen LogP contribution in [0.5, 0.6) is 5.75 Å². The highest BCUT2D eigenvalue weighted by Crippen LogP contribution is 2.32. The summed E-state index contributed by atoms with van der Waals surface area (Å²) in [5.41, 5.74) is 0.985. The van der Waals surface area contributed by atoms with E-state index in [0.717, 1.165) is 31.2 Å². The largest absolute Gasteiger partial charge is 0.483 e. The molecule has 1 fully saturated rings. The van der Waals surface area contributed by atoms with Crippen molar-refractivity contribution < 1.29 is 14.4 Å². The van der Waals surface area contributed by atoms with Gasteiger partial charge in [-0.15, -0.1) is 0 Å². The van der Waals surface area contributed by atoms with Gasteiger partial charge in [-0.3, -0.25) is 10.1 Å². The van der Waals surface area contributed by atoms with E-state index in [1.807, 2.05) is 0 Å². The number of alkyl halides is 1. The molecule has 1 aliphatic carbocycles. The maximum Gasteiger partial charge on any atom is 0.310 e. The zero-order valence-electron chi connectivity index (χ0n) is 11.4. The number of methoxy groups -OCH3 is 1. The Labute approximate surface area is 126 Å². The second-order valence-electron chi connectivity index (χ2n) is 4.96. The molecule has 0 amide bonds. The van der Waals surface area contributed by atoms with E-state index in [0.29, 0.717) is 11.1 Å². The van der Waals surface area contributed by atoms with Crippen LogP contribution in [-0.4, -0.2) is 24.2 Å². The van der Waals surface area contributed by atoms with Gasteiger partial charge < -0.3 is 9.47 Å². The van der Waals surface area contributed by atoms with Crippen molar-refractivity contribution in [3.63, 3.8) is 0 Å². The van der Waals surface area contributed by atoms with E-state index in [2.05, 4.69) is 15.9 Å². The van der Waals surface area contributed by atoms with Crippen molar-refractivity contribution in [3.05, 3.63) is 33.9 Å². The fourth-order valence-electron chi connectivity index (χ4n) is 2.49. The number of rotatable bonds is 5. The zero-order chi connectivity index (χ0) is 14.5. The molecule has 1 aromatic rings. The summed E-state index contributed by atoms with van der Waals surface area (Å²) in [4.78, 5) is 10.7. The normalized spacial score (nSPS) is 22.5. The van der Waals surface area contributed by atoms with E-state index >= 15 is 0 Å². The van der Waals surface area contributed by atoms with Crippen LogP contribution in [0, 0.1) is 10.1 Å². The van der Waals surface area contributed by atoms with Crippen LogP contribution in [0.4, 0.5) is 5.69 Å². The minimum Gasteiger partial charge on any atom is -0.483 e. The van der Waals surface area contributed by atoms with Gasteiger partial charge in [0.15, 0.2) is 5.75 Å². The predicted molar refractivity (Wildman–Crippen MR) is 79.4 cm³/mol. The zero-order valence-corrected chi connectivity index (χ0v) is 13.0. The van der Waals surface area contributed by atoms with Gasteiger partial charge in [-0.25, -0.2) is 0 Å². The molecule has 6 heteroatoms. The summed E-state index contributed by atoms with van der Waals surface area (Å²) < 4.78 is 11.2. The van der Waals surface area contributed by atoms with Gasteiger partial charge in [-0.2, -0.15) is 0 Å². The molecule has 0 aliphatic heterocycles. The van der Waals surface area contributed by atoms with Gasteiger partial charge in [-0.1, -0.05) is 22.0 Å². The van der Waals surface area contributed by atoms with Gasteiger partial charge in [0.05, 0.1) is 11.0 Å². The maximum absolute atomic E-state index is 11.1. The maximum atomic E-state index is 11.1. The summed E-state index contributed by atoms with van der Waals surface area (Å²) >= 11 is 3.35. The Morgan fingerprint density at radius 3 is 2.80 bits per heavy atom. The van der Waals surface area contributed by atoms with E-state index in [4.69, 9.17) is 9.47 Å². The van der Waals surface area contributed by atoms with Gasteiger partial charge in [0.2, 0.25) is 0 Å². The molecule has 0 N–H and O–H groups in total. The fourth-order valence-corrected chi connectivity index (χ4v) is 2.84. The second kappa shape index (κ2) is 7.04. The summed E-state index contributed by atoms with van der Waals surface area (Å²) in [6, 6.07) is 4.98.